The topological polar surface area (TPSA) is 113 Å². The highest BCUT2D eigenvalue weighted by molar-refractivity contribution is 5.94. The summed E-state index contributed by atoms with van der Waals surface area (Å²) in [7, 11) is 0. The summed E-state index contributed by atoms with van der Waals surface area (Å²) in [6, 6.07) is 6.55. The second-order valence-corrected chi connectivity index (χ2v) is 6.82. The zero-order chi connectivity index (χ0) is 20.6. The van der Waals surface area contributed by atoms with E-state index < -0.39 is 18.0 Å². The third kappa shape index (κ3) is 6.03. The lowest BCUT2D eigenvalue weighted by atomic mass is 9.96. The van der Waals surface area contributed by atoms with Crippen LogP contribution in [0.2, 0.25) is 0 Å². The number of aliphatic hydroxyl groups is 1. The molecule has 0 bridgehead atoms. The van der Waals surface area contributed by atoms with E-state index in [1.807, 2.05) is 0 Å². The lowest BCUT2D eigenvalue weighted by Crippen LogP contribution is -2.51. The molecule has 3 N–H and O–H groups in total. The van der Waals surface area contributed by atoms with Crippen LogP contribution in [0, 0.1) is 5.82 Å². The van der Waals surface area contributed by atoms with Gasteiger partial charge in [-0.25, -0.2) is 14.4 Å². The first kappa shape index (κ1) is 20.8. The van der Waals surface area contributed by atoms with Crippen molar-refractivity contribution in [2.75, 3.05) is 6.61 Å². The number of benzene rings is 1. The van der Waals surface area contributed by atoms with Gasteiger partial charge in [0.25, 0.3) is 5.91 Å². The van der Waals surface area contributed by atoms with Crippen LogP contribution in [0.15, 0.2) is 42.9 Å². The highest BCUT2D eigenvalue weighted by Crippen LogP contribution is 2.22. The van der Waals surface area contributed by atoms with E-state index in [0.29, 0.717) is 30.6 Å². The number of rotatable bonds is 7. The van der Waals surface area contributed by atoms with Crippen molar-refractivity contribution in [3.8, 4) is 0 Å². The molecule has 1 aromatic carbocycles. The van der Waals surface area contributed by atoms with Gasteiger partial charge in [0.2, 0.25) is 5.91 Å². The third-order valence-corrected chi connectivity index (χ3v) is 4.74. The van der Waals surface area contributed by atoms with Crippen LogP contribution in [0.4, 0.5) is 4.39 Å². The van der Waals surface area contributed by atoms with E-state index in [4.69, 9.17) is 4.74 Å². The number of aliphatic hydroxyl groups excluding tert-OH is 1. The highest BCUT2D eigenvalue weighted by atomic mass is 19.1. The van der Waals surface area contributed by atoms with Crippen molar-refractivity contribution in [3.05, 3.63) is 59.9 Å². The predicted octanol–water partition coefficient (Wildman–Crippen LogP) is 0.960. The van der Waals surface area contributed by atoms with Gasteiger partial charge >= 0.3 is 0 Å². The second kappa shape index (κ2) is 10.0. The monoisotopic (exact) mass is 402 g/mol. The van der Waals surface area contributed by atoms with E-state index in [1.165, 1.54) is 30.6 Å². The minimum Gasteiger partial charge on any atom is -0.394 e. The third-order valence-electron chi connectivity index (χ3n) is 4.74. The second-order valence-electron chi connectivity index (χ2n) is 6.82. The van der Waals surface area contributed by atoms with Gasteiger partial charge in [-0.1, -0.05) is 0 Å². The molecule has 9 heteroatoms. The van der Waals surface area contributed by atoms with Crippen LogP contribution >= 0.6 is 0 Å². The molecule has 1 aliphatic rings. The molecule has 0 radical (unpaired) electrons. The maximum Gasteiger partial charge on any atom is 0.251 e. The van der Waals surface area contributed by atoms with Crippen molar-refractivity contribution in [3.63, 3.8) is 0 Å². The molecule has 3 atom stereocenters. The Labute approximate surface area is 167 Å². The number of amides is 2. The van der Waals surface area contributed by atoms with Gasteiger partial charge in [0, 0.05) is 11.8 Å². The van der Waals surface area contributed by atoms with Gasteiger partial charge in [-0.05, 0) is 43.2 Å². The Morgan fingerprint density at radius 3 is 2.69 bits per heavy atom. The number of ether oxygens (including phenoxy) is 1. The minimum atomic E-state index is -0.618. The summed E-state index contributed by atoms with van der Waals surface area (Å²) in [6.45, 7) is 0.0152. The summed E-state index contributed by atoms with van der Waals surface area (Å²) >= 11 is 0. The van der Waals surface area contributed by atoms with Crippen molar-refractivity contribution in [1.82, 2.24) is 20.6 Å². The van der Waals surface area contributed by atoms with Gasteiger partial charge in [-0.3, -0.25) is 9.59 Å². The molecular formula is C20H23FN4O4. The summed E-state index contributed by atoms with van der Waals surface area (Å²) in [5.41, 5.74) is 1.03. The van der Waals surface area contributed by atoms with E-state index in [2.05, 4.69) is 20.6 Å². The van der Waals surface area contributed by atoms with Crippen molar-refractivity contribution >= 4 is 11.8 Å². The largest absolute Gasteiger partial charge is 0.394 e. The summed E-state index contributed by atoms with van der Waals surface area (Å²) in [4.78, 5) is 32.3. The van der Waals surface area contributed by atoms with Crippen molar-refractivity contribution in [2.45, 2.75) is 44.1 Å². The number of carbonyl (C=O) groups is 2. The molecule has 0 unspecified atom stereocenters. The SMILES string of the molecule is O=C(C[C@@H]1CC[C@H](NC(=O)c2ccc(F)cc2)[C@@H](CO)O1)NCc1ccncn1. The maximum atomic E-state index is 13.0. The highest BCUT2D eigenvalue weighted by Gasteiger charge is 2.33. The number of aromatic nitrogens is 2. The number of hydrogen-bond donors (Lipinski definition) is 3. The number of nitrogens with one attached hydrogen (secondary N) is 2. The summed E-state index contributed by atoms with van der Waals surface area (Å²) in [6.07, 6.45) is 3.32. The zero-order valence-corrected chi connectivity index (χ0v) is 15.8. The maximum absolute atomic E-state index is 13.0. The number of halogens is 1. The molecule has 0 spiro atoms. The van der Waals surface area contributed by atoms with Crippen molar-refractivity contribution < 1.29 is 23.8 Å². The number of nitrogens with zero attached hydrogens (tertiary/aromatic N) is 2. The molecule has 1 aliphatic heterocycles. The fourth-order valence-electron chi connectivity index (χ4n) is 3.19. The molecular weight excluding hydrogens is 379 g/mol. The summed E-state index contributed by atoms with van der Waals surface area (Å²) in [5, 5.41) is 15.2. The smallest absolute Gasteiger partial charge is 0.251 e. The molecule has 0 aliphatic carbocycles. The van der Waals surface area contributed by atoms with Crippen LogP contribution in [0.1, 0.15) is 35.3 Å². The van der Waals surface area contributed by atoms with Gasteiger partial charge < -0.3 is 20.5 Å². The fraction of sp³-hybridized carbons (Fsp3) is 0.400. The Balaban J connectivity index is 1.47. The normalized spacial score (nSPS) is 21.4. The zero-order valence-electron chi connectivity index (χ0n) is 15.8. The van der Waals surface area contributed by atoms with Crippen LogP contribution in [0.3, 0.4) is 0 Å². The first-order valence-electron chi connectivity index (χ1n) is 9.39. The number of carbonyl (C=O) groups excluding carboxylic acids is 2. The molecule has 2 aromatic rings. The Morgan fingerprint density at radius 1 is 1.21 bits per heavy atom. The molecule has 2 heterocycles. The van der Waals surface area contributed by atoms with Crippen molar-refractivity contribution in [2.24, 2.45) is 0 Å². The van der Waals surface area contributed by atoms with Gasteiger partial charge in [0.15, 0.2) is 0 Å². The Hall–Kier alpha value is -2.91. The lowest BCUT2D eigenvalue weighted by molar-refractivity contribution is -0.131. The molecule has 2 amide bonds. The Morgan fingerprint density at radius 2 is 2.00 bits per heavy atom. The standard InChI is InChI=1S/C20H23FN4O4/c21-14-3-1-13(2-4-14)20(28)25-17-6-5-16(29-18(17)11-26)9-19(27)23-10-15-7-8-22-12-24-15/h1-4,7-8,12,16-18,26H,5-6,9-11H2,(H,23,27)(H,25,28)/t16-,17-,18+/m0/s1. The predicted molar refractivity (Wildman–Crippen MR) is 101 cm³/mol. The molecule has 1 aromatic heterocycles. The quantitative estimate of drug-likeness (QED) is 0.636. The molecule has 3 rings (SSSR count). The Kier molecular flexibility index (Phi) is 7.20. The van der Waals surface area contributed by atoms with E-state index in [0.717, 1.165) is 0 Å². The number of hydrogen-bond acceptors (Lipinski definition) is 6. The molecule has 8 nitrogen and oxygen atoms in total. The average Bonchev–Trinajstić information content (AvgIpc) is 2.74. The van der Waals surface area contributed by atoms with Crippen LogP contribution in [0.5, 0.6) is 0 Å². The summed E-state index contributed by atoms with van der Waals surface area (Å²) in [5.74, 6) is -0.964. The average molecular weight is 402 g/mol. The fourth-order valence-corrected chi connectivity index (χ4v) is 3.19. The van der Waals surface area contributed by atoms with Crippen LogP contribution < -0.4 is 10.6 Å². The van der Waals surface area contributed by atoms with E-state index in [1.54, 1.807) is 12.3 Å². The van der Waals surface area contributed by atoms with E-state index in [9.17, 15) is 19.1 Å². The molecule has 1 fully saturated rings. The Bertz CT molecular complexity index is 819. The van der Waals surface area contributed by atoms with Gasteiger partial charge in [-0.2, -0.15) is 0 Å². The van der Waals surface area contributed by atoms with Gasteiger partial charge in [-0.15, -0.1) is 0 Å². The first-order chi connectivity index (χ1) is 14.0. The van der Waals surface area contributed by atoms with Crippen LogP contribution in [-0.4, -0.2) is 51.7 Å². The molecule has 154 valence electrons. The van der Waals surface area contributed by atoms with E-state index in [-0.39, 0.29) is 30.9 Å². The van der Waals surface area contributed by atoms with Crippen LogP contribution in [-0.2, 0) is 16.1 Å². The van der Waals surface area contributed by atoms with E-state index >= 15 is 0 Å². The molecule has 1 saturated heterocycles. The molecule has 29 heavy (non-hydrogen) atoms. The van der Waals surface area contributed by atoms with Crippen molar-refractivity contribution in [1.29, 1.82) is 0 Å². The molecule has 0 saturated carbocycles. The summed E-state index contributed by atoms with van der Waals surface area (Å²) < 4.78 is 18.8. The first-order valence-corrected chi connectivity index (χ1v) is 9.39. The van der Waals surface area contributed by atoms with Gasteiger partial charge in [0.1, 0.15) is 18.2 Å². The van der Waals surface area contributed by atoms with Gasteiger partial charge in [0.05, 0.1) is 37.4 Å². The van der Waals surface area contributed by atoms with Crippen LogP contribution in [0.25, 0.3) is 0 Å². The minimum absolute atomic E-state index is 0.153. The lowest BCUT2D eigenvalue weighted by Gasteiger charge is -2.36.